The third-order valence-electron chi connectivity index (χ3n) is 3.83. The molecule has 0 radical (unpaired) electrons. The molecule has 3 rings (SSSR count). The van der Waals surface area contributed by atoms with Gasteiger partial charge in [-0.25, -0.2) is 9.18 Å². The van der Waals surface area contributed by atoms with Crippen LogP contribution in [-0.4, -0.2) is 17.6 Å². The summed E-state index contributed by atoms with van der Waals surface area (Å²) in [5, 5.41) is 9.34. The van der Waals surface area contributed by atoms with E-state index in [4.69, 9.17) is 0 Å². The van der Waals surface area contributed by atoms with Crippen LogP contribution < -0.4 is 4.90 Å². The van der Waals surface area contributed by atoms with Crippen molar-refractivity contribution in [3.63, 3.8) is 0 Å². The average Bonchev–Trinajstić information content (AvgIpc) is 2.46. The maximum Gasteiger partial charge on any atom is 0.337 e. The number of benzene rings is 2. The lowest BCUT2D eigenvalue weighted by molar-refractivity contribution is 0.0697. The van der Waals surface area contributed by atoms with Gasteiger partial charge in [-0.1, -0.05) is 31.2 Å². The van der Waals surface area contributed by atoms with Crippen LogP contribution in [0.3, 0.4) is 0 Å². The van der Waals surface area contributed by atoms with E-state index >= 15 is 0 Å². The van der Waals surface area contributed by atoms with Crippen LogP contribution in [0.1, 0.15) is 22.8 Å². The molecule has 4 heteroatoms. The lowest BCUT2D eigenvalue weighted by Gasteiger charge is -2.35. The minimum atomic E-state index is -1.11. The minimum Gasteiger partial charge on any atom is -0.478 e. The molecule has 1 heterocycles. The van der Waals surface area contributed by atoms with Gasteiger partial charge in [0.05, 0.1) is 11.3 Å². The van der Waals surface area contributed by atoms with Crippen molar-refractivity contribution in [2.75, 3.05) is 11.4 Å². The van der Waals surface area contributed by atoms with Crippen molar-refractivity contribution in [1.82, 2.24) is 0 Å². The molecule has 2 aromatic rings. The van der Waals surface area contributed by atoms with E-state index in [0.29, 0.717) is 12.5 Å². The van der Waals surface area contributed by atoms with Gasteiger partial charge in [-0.05, 0) is 36.1 Å². The van der Waals surface area contributed by atoms with E-state index in [2.05, 4.69) is 6.92 Å². The fourth-order valence-corrected chi connectivity index (χ4v) is 2.97. The third kappa shape index (κ3) is 2.37. The van der Waals surface area contributed by atoms with Crippen LogP contribution in [0.4, 0.5) is 15.8 Å². The molecule has 0 saturated carbocycles. The van der Waals surface area contributed by atoms with E-state index in [9.17, 15) is 14.3 Å². The zero-order valence-electron chi connectivity index (χ0n) is 11.7. The SMILES string of the molecule is CC1Cc2ccccc2N(c2c(F)cccc2C(=O)O)C1. The molecule has 0 aromatic heterocycles. The zero-order chi connectivity index (χ0) is 15.0. The summed E-state index contributed by atoms with van der Waals surface area (Å²) in [5.41, 5.74) is 2.17. The fourth-order valence-electron chi connectivity index (χ4n) is 2.97. The lowest BCUT2D eigenvalue weighted by atomic mass is 9.93. The molecule has 1 atom stereocenters. The molecule has 3 nitrogen and oxygen atoms in total. The molecule has 0 bridgehead atoms. The Morgan fingerprint density at radius 3 is 2.76 bits per heavy atom. The Labute approximate surface area is 122 Å². The summed E-state index contributed by atoms with van der Waals surface area (Å²) >= 11 is 0. The van der Waals surface area contributed by atoms with Crippen molar-refractivity contribution in [3.8, 4) is 0 Å². The molecule has 0 aliphatic carbocycles. The number of rotatable bonds is 2. The van der Waals surface area contributed by atoms with Gasteiger partial charge in [-0.2, -0.15) is 0 Å². The van der Waals surface area contributed by atoms with Gasteiger partial charge in [0.1, 0.15) is 5.82 Å². The van der Waals surface area contributed by atoms with Crippen molar-refractivity contribution in [3.05, 3.63) is 59.4 Å². The largest absolute Gasteiger partial charge is 0.478 e. The van der Waals surface area contributed by atoms with Crippen molar-refractivity contribution in [2.24, 2.45) is 5.92 Å². The van der Waals surface area contributed by atoms with Crippen molar-refractivity contribution in [2.45, 2.75) is 13.3 Å². The number of fused-ring (bicyclic) bond motifs is 1. The third-order valence-corrected chi connectivity index (χ3v) is 3.83. The maximum absolute atomic E-state index is 14.3. The van der Waals surface area contributed by atoms with Crippen LogP contribution >= 0.6 is 0 Å². The molecule has 1 aliphatic heterocycles. The summed E-state index contributed by atoms with van der Waals surface area (Å²) in [6.45, 7) is 2.70. The summed E-state index contributed by atoms with van der Waals surface area (Å²) < 4.78 is 14.3. The molecular formula is C17H16FNO2. The van der Waals surface area contributed by atoms with Gasteiger partial charge < -0.3 is 10.0 Å². The smallest absolute Gasteiger partial charge is 0.337 e. The molecular weight excluding hydrogens is 269 g/mol. The Bertz CT molecular complexity index is 699. The van der Waals surface area contributed by atoms with E-state index in [1.807, 2.05) is 24.3 Å². The Morgan fingerprint density at radius 1 is 1.24 bits per heavy atom. The molecule has 1 unspecified atom stereocenters. The molecule has 0 amide bonds. The van der Waals surface area contributed by atoms with Crippen molar-refractivity contribution < 1.29 is 14.3 Å². The first kappa shape index (κ1) is 13.6. The monoisotopic (exact) mass is 285 g/mol. The quantitative estimate of drug-likeness (QED) is 0.911. The molecule has 0 saturated heterocycles. The summed E-state index contributed by atoms with van der Waals surface area (Å²) in [7, 11) is 0. The number of hydrogen-bond acceptors (Lipinski definition) is 2. The number of hydrogen-bond donors (Lipinski definition) is 1. The number of carboxylic acids is 1. The summed E-state index contributed by atoms with van der Waals surface area (Å²) in [6.07, 6.45) is 0.920. The second-order valence-corrected chi connectivity index (χ2v) is 5.49. The number of carbonyl (C=O) groups is 1. The van der Waals surface area contributed by atoms with Crippen LogP contribution in [0.5, 0.6) is 0 Å². The van der Waals surface area contributed by atoms with E-state index in [-0.39, 0.29) is 11.3 Å². The highest BCUT2D eigenvalue weighted by Gasteiger charge is 2.27. The van der Waals surface area contributed by atoms with Crippen LogP contribution in [0.25, 0.3) is 0 Å². The Kier molecular flexibility index (Phi) is 3.37. The summed E-state index contributed by atoms with van der Waals surface area (Å²) in [6, 6.07) is 12.0. The normalized spacial score (nSPS) is 17.4. The number of para-hydroxylation sites is 2. The molecule has 0 spiro atoms. The van der Waals surface area contributed by atoms with E-state index in [0.717, 1.165) is 17.7 Å². The number of anilines is 2. The minimum absolute atomic E-state index is 0.00102. The fraction of sp³-hybridized carbons (Fsp3) is 0.235. The highest BCUT2D eigenvalue weighted by atomic mass is 19.1. The van der Waals surface area contributed by atoms with Crippen molar-refractivity contribution >= 4 is 17.3 Å². The van der Waals surface area contributed by atoms with Crippen LogP contribution in [0.2, 0.25) is 0 Å². The van der Waals surface area contributed by atoms with Crippen LogP contribution in [0, 0.1) is 11.7 Å². The number of nitrogens with zero attached hydrogens (tertiary/aromatic N) is 1. The first-order valence-electron chi connectivity index (χ1n) is 6.95. The van der Waals surface area contributed by atoms with E-state index in [1.165, 1.54) is 18.2 Å². The van der Waals surface area contributed by atoms with Gasteiger partial charge in [0.15, 0.2) is 0 Å². The van der Waals surface area contributed by atoms with Crippen LogP contribution in [-0.2, 0) is 6.42 Å². The zero-order valence-corrected chi connectivity index (χ0v) is 11.7. The number of carboxylic acid groups (broad SMARTS) is 1. The lowest BCUT2D eigenvalue weighted by Crippen LogP contribution is -2.32. The van der Waals surface area contributed by atoms with Gasteiger partial charge in [-0.3, -0.25) is 0 Å². The molecule has 1 aliphatic rings. The van der Waals surface area contributed by atoms with E-state index < -0.39 is 11.8 Å². The Balaban J connectivity index is 2.20. The van der Waals surface area contributed by atoms with Crippen molar-refractivity contribution in [1.29, 1.82) is 0 Å². The first-order valence-corrected chi connectivity index (χ1v) is 6.95. The number of halogens is 1. The van der Waals surface area contributed by atoms with Gasteiger partial charge in [0, 0.05) is 12.2 Å². The molecule has 21 heavy (non-hydrogen) atoms. The Morgan fingerprint density at radius 2 is 2.00 bits per heavy atom. The predicted octanol–water partition coefficient (Wildman–Crippen LogP) is 3.85. The molecule has 108 valence electrons. The van der Waals surface area contributed by atoms with Gasteiger partial charge in [0.25, 0.3) is 0 Å². The Hall–Kier alpha value is -2.36. The number of aromatic carboxylic acids is 1. The molecule has 0 fully saturated rings. The standard InChI is InChI=1S/C17H16FNO2/c1-11-9-12-5-2-3-8-15(12)19(10-11)16-13(17(20)21)6-4-7-14(16)18/h2-8,11H,9-10H2,1H3,(H,20,21). The predicted molar refractivity (Wildman–Crippen MR) is 79.7 cm³/mol. The van der Waals surface area contributed by atoms with Gasteiger partial charge >= 0.3 is 5.97 Å². The van der Waals surface area contributed by atoms with Crippen LogP contribution in [0.15, 0.2) is 42.5 Å². The topological polar surface area (TPSA) is 40.5 Å². The van der Waals surface area contributed by atoms with Gasteiger partial charge in [-0.15, -0.1) is 0 Å². The maximum atomic E-state index is 14.3. The first-order chi connectivity index (χ1) is 10.1. The molecule has 1 N–H and O–H groups in total. The second-order valence-electron chi connectivity index (χ2n) is 5.49. The van der Waals surface area contributed by atoms with E-state index in [1.54, 1.807) is 4.90 Å². The van der Waals surface area contributed by atoms with Gasteiger partial charge in [0.2, 0.25) is 0 Å². The second kappa shape index (κ2) is 5.20. The summed E-state index contributed by atoms with van der Waals surface area (Å²) in [4.78, 5) is 13.2. The average molecular weight is 285 g/mol. The summed E-state index contributed by atoms with van der Waals surface area (Å²) in [5.74, 6) is -1.28. The highest BCUT2D eigenvalue weighted by Crippen LogP contribution is 2.38. The molecule has 2 aromatic carbocycles. The highest BCUT2D eigenvalue weighted by molar-refractivity contribution is 5.96.